The van der Waals surface area contributed by atoms with Crippen LogP contribution in [0.4, 0.5) is 5.82 Å². The highest BCUT2D eigenvalue weighted by molar-refractivity contribution is 5.84. The Balaban J connectivity index is 2.69. The largest absolute Gasteiger partial charge is 0.382 e. The summed E-state index contributed by atoms with van der Waals surface area (Å²) in [4.78, 5) is 8.34. The number of fused-ring (bicyclic) bond motifs is 1. The van der Waals surface area contributed by atoms with E-state index < -0.39 is 0 Å². The summed E-state index contributed by atoms with van der Waals surface area (Å²) in [6, 6.07) is 1.95. The molecule has 0 atom stereocenters. The smallest absolute Gasteiger partial charge is 0.151 e. The highest BCUT2D eigenvalue weighted by atomic mass is 15.1. The molecule has 2 rings (SSSR count). The fraction of sp³-hybridized carbons (Fsp3) is 0.455. The second-order valence-corrected chi connectivity index (χ2v) is 4.34. The first-order chi connectivity index (χ1) is 7.06. The third-order valence-corrected chi connectivity index (χ3v) is 3.01. The maximum absolute atomic E-state index is 5.77. The van der Waals surface area contributed by atoms with Crippen molar-refractivity contribution in [3.05, 3.63) is 18.6 Å². The first-order valence-corrected chi connectivity index (χ1v) is 5.14. The molecule has 0 aliphatic rings. The van der Waals surface area contributed by atoms with Gasteiger partial charge in [-0.25, -0.2) is 9.97 Å². The van der Waals surface area contributed by atoms with E-state index in [0.29, 0.717) is 5.82 Å². The summed E-state index contributed by atoms with van der Waals surface area (Å²) in [6.07, 6.45) is 4.61. The van der Waals surface area contributed by atoms with Crippen LogP contribution in [0.25, 0.3) is 11.0 Å². The molecule has 2 aromatic rings. The number of rotatable bonds is 2. The molecule has 80 valence electrons. The number of aromatic nitrogens is 3. The predicted octanol–water partition coefficient (Wildman–Crippen LogP) is 2.16. The van der Waals surface area contributed by atoms with Crippen LogP contribution in [0.2, 0.25) is 0 Å². The fourth-order valence-electron chi connectivity index (χ4n) is 1.62. The SMILES string of the molecule is CCC(C)(C)n1cnc2c(N)nccc21. The zero-order chi connectivity index (χ0) is 11.1. The van der Waals surface area contributed by atoms with Crippen LogP contribution in [0.3, 0.4) is 0 Å². The number of anilines is 1. The van der Waals surface area contributed by atoms with Crippen molar-refractivity contribution in [3.8, 4) is 0 Å². The maximum Gasteiger partial charge on any atom is 0.151 e. The Hall–Kier alpha value is -1.58. The number of nitrogens with zero attached hydrogens (tertiary/aromatic N) is 3. The lowest BCUT2D eigenvalue weighted by molar-refractivity contribution is 0.352. The van der Waals surface area contributed by atoms with Crippen LogP contribution in [-0.2, 0) is 5.54 Å². The number of nitrogen functional groups attached to an aromatic ring is 1. The van der Waals surface area contributed by atoms with Gasteiger partial charge in [-0.15, -0.1) is 0 Å². The molecule has 0 aliphatic carbocycles. The van der Waals surface area contributed by atoms with Crippen molar-refractivity contribution in [1.82, 2.24) is 14.5 Å². The van der Waals surface area contributed by atoms with Crippen molar-refractivity contribution in [2.24, 2.45) is 0 Å². The van der Waals surface area contributed by atoms with Gasteiger partial charge in [0.2, 0.25) is 0 Å². The zero-order valence-corrected chi connectivity index (χ0v) is 9.36. The van der Waals surface area contributed by atoms with Crippen LogP contribution < -0.4 is 5.73 Å². The first-order valence-electron chi connectivity index (χ1n) is 5.14. The normalized spacial score (nSPS) is 12.2. The van der Waals surface area contributed by atoms with E-state index in [-0.39, 0.29) is 5.54 Å². The minimum absolute atomic E-state index is 0.0581. The van der Waals surface area contributed by atoms with Crippen LogP contribution in [0.1, 0.15) is 27.2 Å². The van der Waals surface area contributed by atoms with Crippen molar-refractivity contribution < 1.29 is 0 Å². The molecule has 0 amide bonds. The third kappa shape index (κ3) is 1.46. The van der Waals surface area contributed by atoms with E-state index in [4.69, 9.17) is 5.73 Å². The first kappa shape index (κ1) is 9.96. The van der Waals surface area contributed by atoms with Gasteiger partial charge in [0.1, 0.15) is 5.52 Å². The van der Waals surface area contributed by atoms with Crippen LogP contribution >= 0.6 is 0 Å². The molecule has 0 radical (unpaired) electrons. The molecule has 0 saturated carbocycles. The predicted molar refractivity (Wildman–Crippen MR) is 61.6 cm³/mol. The molecule has 4 nitrogen and oxygen atoms in total. The second kappa shape index (κ2) is 3.22. The molecule has 0 unspecified atom stereocenters. The molecular weight excluding hydrogens is 188 g/mol. The average Bonchev–Trinajstić information content (AvgIpc) is 2.63. The molecule has 0 spiro atoms. The van der Waals surface area contributed by atoms with Crippen LogP contribution in [0.15, 0.2) is 18.6 Å². The van der Waals surface area contributed by atoms with Gasteiger partial charge in [0.25, 0.3) is 0 Å². The molecule has 4 heteroatoms. The topological polar surface area (TPSA) is 56.7 Å². The third-order valence-electron chi connectivity index (χ3n) is 3.01. The molecule has 0 aliphatic heterocycles. The van der Waals surface area contributed by atoms with E-state index in [2.05, 4.69) is 35.3 Å². The van der Waals surface area contributed by atoms with E-state index >= 15 is 0 Å². The molecule has 2 aromatic heterocycles. The molecule has 0 bridgehead atoms. The highest BCUT2D eigenvalue weighted by Crippen LogP contribution is 2.26. The summed E-state index contributed by atoms with van der Waals surface area (Å²) in [5.74, 6) is 0.498. The minimum atomic E-state index is 0.0581. The minimum Gasteiger partial charge on any atom is -0.382 e. The molecule has 0 fully saturated rings. The second-order valence-electron chi connectivity index (χ2n) is 4.34. The number of hydrogen-bond acceptors (Lipinski definition) is 3. The summed E-state index contributed by atoms with van der Waals surface area (Å²) >= 11 is 0. The fourth-order valence-corrected chi connectivity index (χ4v) is 1.62. The summed E-state index contributed by atoms with van der Waals surface area (Å²) in [5, 5.41) is 0. The standard InChI is InChI=1S/C11H16N4/c1-4-11(2,3)15-7-14-9-8(15)5-6-13-10(9)12/h5-7H,4H2,1-3H3,(H2,12,13). The number of pyridine rings is 1. The van der Waals surface area contributed by atoms with Gasteiger partial charge < -0.3 is 10.3 Å². The Bertz CT molecular complexity index is 484. The Morgan fingerprint density at radius 3 is 2.80 bits per heavy atom. The van der Waals surface area contributed by atoms with Crippen molar-refractivity contribution in [3.63, 3.8) is 0 Å². The maximum atomic E-state index is 5.77. The molecule has 0 saturated heterocycles. The zero-order valence-electron chi connectivity index (χ0n) is 9.36. The van der Waals surface area contributed by atoms with E-state index in [9.17, 15) is 0 Å². The summed E-state index contributed by atoms with van der Waals surface area (Å²) in [7, 11) is 0. The van der Waals surface area contributed by atoms with E-state index in [0.717, 1.165) is 17.5 Å². The van der Waals surface area contributed by atoms with Gasteiger partial charge in [-0.05, 0) is 26.3 Å². The van der Waals surface area contributed by atoms with Crippen LogP contribution in [0, 0.1) is 0 Å². The molecule has 15 heavy (non-hydrogen) atoms. The molecule has 2 N–H and O–H groups in total. The van der Waals surface area contributed by atoms with Gasteiger partial charge in [0, 0.05) is 11.7 Å². The monoisotopic (exact) mass is 204 g/mol. The average molecular weight is 204 g/mol. The number of hydrogen-bond donors (Lipinski definition) is 1. The van der Waals surface area contributed by atoms with E-state index in [1.807, 2.05) is 12.4 Å². The van der Waals surface area contributed by atoms with E-state index in [1.54, 1.807) is 6.20 Å². The lowest BCUT2D eigenvalue weighted by Crippen LogP contribution is -2.24. The summed E-state index contributed by atoms with van der Waals surface area (Å²) in [6.45, 7) is 6.53. The Morgan fingerprint density at radius 1 is 1.40 bits per heavy atom. The molecule has 0 aromatic carbocycles. The van der Waals surface area contributed by atoms with Gasteiger partial charge in [0.15, 0.2) is 5.82 Å². The van der Waals surface area contributed by atoms with Gasteiger partial charge in [-0.1, -0.05) is 6.92 Å². The van der Waals surface area contributed by atoms with Crippen molar-refractivity contribution in [2.75, 3.05) is 5.73 Å². The lowest BCUT2D eigenvalue weighted by Gasteiger charge is -2.25. The van der Waals surface area contributed by atoms with Crippen LogP contribution in [0.5, 0.6) is 0 Å². The quantitative estimate of drug-likeness (QED) is 0.815. The van der Waals surface area contributed by atoms with Gasteiger partial charge in [-0.3, -0.25) is 0 Å². The van der Waals surface area contributed by atoms with Gasteiger partial charge in [-0.2, -0.15) is 0 Å². The Labute approximate surface area is 89.1 Å². The van der Waals surface area contributed by atoms with Crippen molar-refractivity contribution in [2.45, 2.75) is 32.7 Å². The molecular formula is C11H16N4. The van der Waals surface area contributed by atoms with E-state index in [1.165, 1.54) is 0 Å². The summed E-state index contributed by atoms with van der Waals surface area (Å²) < 4.78 is 2.15. The van der Waals surface area contributed by atoms with Crippen molar-refractivity contribution >= 4 is 16.9 Å². The highest BCUT2D eigenvalue weighted by Gasteiger charge is 2.20. The van der Waals surface area contributed by atoms with Gasteiger partial charge in [0.05, 0.1) is 11.8 Å². The Morgan fingerprint density at radius 2 is 2.13 bits per heavy atom. The Kier molecular flexibility index (Phi) is 2.14. The summed E-state index contributed by atoms with van der Waals surface area (Å²) in [5.41, 5.74) is 7.67. The number of nitrogens with two attached hydrogens (primary N) is 1. The van der Waals surface area contributed by atoms with Gasteiger partial charge >= 0.3 is 0 Å². The van der Waals surface area contributed by atoms with Crippen molar-refractivity contribution in [1.29, 1.82) is 0 Å². The molecule has 2 heterocycles. The lowest BCUT2D eigenvalue weighted by atomic mass is 10.0. The number of imidazole rings is 1. The van der Waals surface area contributed by atoms with Crippen LogP contribution in [-0.4, -0.2) is 14.5 Å².